The highest BCUT2D eigenvalue weighted by atomic mass is 32.1. The summed E-state index contributed by atoms with van der Waals surface area (Å²) in [6.45, 7) is 1.79. The van der Waals surface area contributed by atoms with Crippen molar-refractivity contribution in [1.82, 2.24) is 10.5 Å². The molecule has 13 heavy (non-hydrogen) atoms. The van der Waals surface area contributed by atoms with Crippen LogP contribution in [0.2, 0.25) is 0 Å². The lowest BCUT2D eigenvalue weighted by Crippen LogP contribution is -2.26. The molecular formula is C7H11N3O2S. The van der Waals surface area contributed by atoms with Crippen LogP contribution in [0.1, 0.15) is 17.8 Å². The Bertz CT molecular complexity index is 263. The first kappa shape index (κ1) is 10.1. The molecule has 0 radical (unpaired) electrons. The van der Waals surface area contributed by atoms with E-state index in [2.05, 4.69) is 10.5 Å². The minimum Gasteiger partial charge on any atom is -0.368 e. The molecule has 1 rings (SSSR count). The maximum atomic E-state index is 10.3. The molecule has 0 spiro atoms. The molecule has 1 aromatic rings. The quantitative estimate of drug-likeness (QED) is 0.668. The zero-order valence-electron chi connectivity index (χ0n) is 7.19. The highest BCUT2D eigenvalue weighted by Gasteiger charge is 2.06. The highest BCUT2D eigenvalue weighted by molar-refractivity contribution is 7.09. The van der Waals surface area contributed by atoms with Gasteiger partial charge in [0.2, 0.25) is 5.91 Å². The topological polar surface area (TPSA) is 77.2 Å². The Morgan fingerprint density at radius 3 is 3.23 bits per heavy atom. The maximum Gasteiger partial charge on any atom is 0.245 e. The van der Waals surface area contributed by atoms with Crippen molar-refractivity contribution in [3.63, 3.8) is 0 Å². The summed E-state index contributed by atoms with van der Waals surface area (Å²) >= 11 is 1.52. The molecule has 0 aliphatic heterocycles. The Balaban J connectivity index is 2.26. The first-order valence-electron chi connectivity index (χ1n) is 3.74. The van der Waals surface area contributed by atoms with Gasteiger partial charge in [0.25, 0.3) is 0 Å². The van der Waals surface area contributed by atoms with Gasteiger partial charge in [0.05, 0.1) is 11.6 Å². The Morgan fingerprint density at radius 1 is 1.92 bits per heavy atom. The third-order valence-electron chi connectivity index (χ3n) is 1.35. The van der Waals surface area contributed by atoms with Gasteiger partial charge in [-0.05, 0) is 6.92 Å². The second-order valence-corrected chi connectivity index (χ2v) is 3.42. The van der Waals surface area contributed by atoms with Gasteiger partial charge in [-0.25, -0.2) is 0 Å². The molecular weight excluding hydrogens is 190 g/mol. The number of primary amides is 1. The number of nitrogens with zero attached hydrogens (tertiary/aromatic N) is 1. The zero-order valence-corrected chi connectivity index (χ0v) is 8.00. The molecule has 1 unspecified atom stereocenters. The van der Waals surface area contributed by atoms with Crippen molar-refractivity contribution in [1.29, 1.82) is 0 Å². The minimum absolute atomic E-state index is 0.0202. The summed E-state index contributed by atoms with van der Waals surface area (Å²) in [6, 6.07) is 0.0202. The first-order valence-corrected chi connectivity index (χ1v) is 4.62. The van der Waals surface area contributed by atoms with E-state index in [1.54, 1.807) is 11.7 Å². The van der Waals surface area contributed by atoms with Gasteiger partial charge in [-0.15, -0.1) is 11.3 Å². The van der Waals surface area contributed by atoms with Crippen LogP contribution >= 0.6 is 11.3 Å². The van der Waals surface area contributed by atoms with E-state index in [0.29, 0.717) is 0 Å². The molecule has 0 aliphatic carbocycles. The second-order valence-electron chi connectivity index (χ2n) is 2.50. The number of thiazole rings is 1. The summed E-state index contributed by atoms with van der Waals surface area (Å²) in [4.78, 5) is 20.1. The lowest BCUT2D eigenvalue weighted by molar-refractivity contribution is -0.125. The van der Waals surface area contributed by atoms with E-state index < -0.39 is 5.91 Å². The van der Waals surface area contributed by atoms with Crippen LogP contribution in [0.25, 0.3) is 0 Å². The lowest BCUT2D eigenvalue weighted by Gasteiger charge is -2.09. The van der Waals surface area contributed by atoms with Crippen LogP contribution in [0.4, 0.5) is 0 Å². The maximum absolute atomic E-state index is 10.3. The number of rotatable bonds is 5. The van der Waals surface area contributed by atoms with Crippen molar-refractivity contribution in [2.45, 2.75) is 13.0 Å². The average molecular weight is 201 g/mol. The molecule has 6 heteroatoms. The number of hydrogen-bond acceptors (Lipinski definition) is 5. The van der Waals surface area contributed by atoms with Crippen molar-refractivity contribution in [2.75, 3.05) is 6.61 Å². The van der Waals surface area contributed by atoms with Crippen molar-refractivity contribution in [3.8, 4) is 0 Å². The van der Waals surface area contributed by atoms with Crippen molar-refractivity contribution >= 4 is 17.2 Å². The van der Waals surface area contributed by atoms with Crippen LogP contribution in [0.5, 0.6) is 0 Å². The molecule has 0 saturated carbocycles. The Labute approximate surface area is 79.9 Å². The fourth-order valence-corrected chi connectivity index (χ4v) is 1.35. The number of nitrogens with one attached hydrogen (secondary N) is 1. The molecule has 72 valence electrons. The van der Waals surface area contributed by atoms with Gasteiger partial charge < -0.3 is 5.73 Å². The Kier molecular flexibility index (Phi) is 3.81. The molecule has 1 atom stereocenters. The van der Waals surface area contributed by atoms with Gasteiger partial charge >= 0.3 is 0 Å². The molecule has 0 aromatic carbocycles. The van der Waals surface area contributed by atoms with E-state index in [4.69, 9.17) is 10.6 Å². The SMILES string of the molecule is CC(NOCC(N)=O)c1cncs1. The van der Waals surface area contributed by atoms with Crippen LogP contribution in [0.3, 0.4) is 0 Å². The van der Waals surface area contributed by atoms with Gasteiger partial charge in [0.15, 0.2) is 0 Å². The summed E-state index contributed by atoms with van der Waals surface area (Å²) in [7, 11) is 0. The summed E-state index contributed by atoms with van der Waals surface area (Å²) < 4.78 is 0. The Hall–Kier alpha value is -0.980. The molecule has 5 nitrogen and oxygen atoms in total. The fraction of sp³-hybridized carbons (Fsp3) is 0.429. The number of carbonyl (C=O) groups excluding carboxylic acids is 1. The number of aromatic nitrogens is 1. The number of hydrogen-bond donors (Lipinski definition) is 2. The summed E-state index contributed by atoms with van der Waals surface area (Å²) in [5.41, 5.74) is 9.31. The van der Waals surface area contributed by atoms with Crippen LogP contribution in [-0.4, -0.2) is 17.5 Å². The van der Waals surface area contributed by atoms with Gasteiger partial charge in [0.1, 0.15) is 6.61 Å². The second kappa shape index (κ2) is 4.90. The van der Waals surface area contributed by atoms with Gasteiger partial charge in [-0.2, -0.15) is 5.48 Å². The molecule has 0 aliphatic rings. The Morgan fingerprint density at radius 2 is 2.69 bits per heavy atom. The van der Waals surface area contributed by atoms with Crippen molar-refractivity contribution in [2.24, 2.45) is 5.73 Å². The van der Waals surface area contributed by atoms with Crippen molar-refractivity contribution in [3.05, 3.63) is 16.6 Å². The fourth-order valence-electron chi connectivity index (χ4n) is 0.735. The van der Waals surface area contributed by atoms with Crippen LogP contribution in [-0.2, 0) is 9.63 Å². The van der Waals surface area contributed by atoms with E-state index >= 15 is 0 Å². The van der Waals surface area contributed by atoms with Crippen LogP contribution in [0.15, 0.2) is 11.7 Å². The van der Waals surface area contributed by atoms with E-state index in [1.165, 1.54) is 11.3 Å². The minimum atomic E-state index is -0.496. The van der Waals surface area contributed by atoms with Gasteiger partial charge in [-0.3, -0.25) is 14.6 Å². The highest BCUT2D eigenvalue weighted by Crippen LogP contribution is 2.15. The number of amides is 1. The summed E-state index contributed by atoms with van der Waals surface area (Å²) in [6.07, 6.45) is 1.75. The van der Waals surface area contributed by atoms with E-state index in [-0.39, 0.29) is 12.6 Å². The largest absolute Gasteiger partial charge is 0.368 e. The molecule has 3 N–H and O–H groups in total. The first-order chi connectivity index (χ1) is 6.20. The van der Waals surface area contributed by atoms with Gasteiger partial charge in [-0.1, -0.05) is 0 Å². The summed E-state index contributed by atoms with van der Waals surface area (Å²) in [5, 5.41) is 0. The predicted octanol–water partition coefficient (Wildman–Crippen LogP) is 0.211. The average Bonchev–Trinajstić information content (AvgIpc) is 2.55. The normalized spacial score (nSPS) is 12.7. The van der Waals surface area contributed by atoms with Gasteiger partial charge in [0, 0.05) is 11.1 Å². The molecule has 1 amide bonds. The summed E-state index contributed by atoms with van der Waals surface area (Å²) in [5.74, 6) is -0.496. The van der Waals surface area contributed by atoms with E-state index in [9.17, 15) is 4.79 Å². The number of nitrogens with two attached hydrogens (primary N) is 1. The van der Waals surface area contributed by atoms with E-state index in [0.717, 1.165) is 4.88 Å². The monoisotopic (exact) mass is 201 g/mol. The molecule has 1 aromatic heterocycles. The molecule has 1 heterocycles. The number of carbonyl (C=O) groups is 1. The van der Waals surface area contributed by atoms with Crippen molar-refractivity contribution < 1.29 is 9.63 Å². The lowest BCUT2D eigenvalue weighted by atomic mass is 10.3. The predicted molar refractivity (Wildman–Crippen MR) is 48.8 cm³/mol. The standard InChI is InChI=1S/C7H11N3O2S/c1-5(6-2-9-4-13-6)10-12-3-7(8)11/h2,4-5,10H,3H2,1H3,(H2,8,11). The molecule has 0 fully saturated rings. The third kappa shape index (κ3) is 3.49. The van der Waals surface area contributed by atoms with Crippen LogP contribution in [0, 0.1) is 0 Å². The number of hydroxylamine groups is 1. The van der Waals surface area contributed by atoms with Crippen LogP contribution < -0.4 is 11.2 Å². The third-order valence-corrected chi connectivity index (χ3v) is 2.31. The van der Waals surface area contributed by atoms with E-state index in [1.807, 2.05) is 6.92 Å². The zero-order chi connectivity index (χ0) is 9.68. The molecule has 0 saturated heterocycles. The smallest absolute Gasteiger partial charge is 0.245 e. The molecule has 0 bridgehead atoms.